The molecule has 0 aliphatic heterocycles. The Kier molecular flexibility index (Phi) is 2.40. The summed E-state index contributed by atoms with van der Waals surface area (Å²) in [6.45, 7) is 3.93. The minimum atomic E-state index is -0.921. The van der Waals surface area contributed by atoms with Crippen LogP contribution in [0.5, 0.6) is 0 Å². The molecular weight excluding hydrogens is 334 g/mol. The van der Waals surface area contributed by atoms with Crippen molar-refractivity contribution < 1.29 is 9.50 Å². The summed E-state index contributed by atoms with van der Waals surface area (Å²) in [6.07, 6.45) is 3.14. The Morgan fingerprint density at radius 3 is 2.53 bits per heavy atom. The largest absolute Gasteiger partial charge is 0.385 e. The summed E-state index contributed by atoms with van der Waals surface area (Å²) in [5, 5.41) is 10.2. The van der Waals surface area contributed by atoms with Gasteiger partial charge in [-0.05, 0) is 28.5 Å². The van der Waals surface area contributed by atoms with Crippen molar-refractivity contribution in [2.45, 2.75) is 50.4 Å². The maximum atomic E-state index is 13.6. The first-order chi connectivity index (χ1) is 7.85. The van der Waals surface area contributed by atoms with E-state index in [9.17, 15) is 9.50 Å². The van der Waals surface area contributed by atoms with Crippen molar-refractivity contribution in [2.24, 2.45) is 5.92 Å². The highest BCUT2D eigenvalue weighted by Gasteiger charge is 2.70. The molecule has 2 bridgehead atoms. The molecule has 1 N–H and O–H groups in total. The average Bonchev–Trinajstić information content (AvgIpc) is 2.52. The van der Waals surface area contributed by atoms with E-state index in [1.54, 1.807) is 0 Å². The molecule has 94 valence electrons. The molecule has 3 fully saturated rings. The lowest BCUT2D eigenvalue weighted by atomic mass is 9.47. The molecule has 0 amide bonds. The van der Waals surface area contributed by atoms with Gasteiger partial charge in [0.15, 0.2) is 0 Å². The molecule has 1 unspecified atom stereocenters. The van der Waals surface area contributed by atoms with Crippen LogP contribution in [0.1, 0.15) is 45.0 Å². The Morgan fingerprint density at radius 1 is 1.47 bits per heavy atom. The van der Waals surface area contributed by atoms with Crippen LogP contribution in [0.4, 0.5) is 4.39 Å². The number of aromatic nitrogens is 2. The average molecular weight is 350 g/mol. The first-order valence-corrected chi connectivity index (χ1v) is 7.05. The van der Waals surface area contributed by atoms with Crippen LogP contribution in [-0.4, -0.2) is 20.3 Å². The van der Waals surface area contributed by atoms with Gasteiger partial charge in [-0.3, -0.25) is 0 Å². The standard InChI is InChI=1S/C12H16FIN2O/c1-7(2)9(17)10-15-8(14)3-16(10)12-4-11(13,5-12)6-12/h3,7,9,17H,4-6H2,1-2H3. The van der Waals surface area contributed by atoms with Gasteiger partial charge >= 0.3 is 0 Å². The van der Waals surface area contributed by atoms with E-state index >= 15 is 0 Å². The molecule has 0 radical (unpaired) electrons. The quantitative estimate of drug-likeness (QED) is 0.852. The molecule has 1 aromatic heterocycles. The Hall–Kier alpha value is -0.170. The Labute approximate surface area is 114 Å². The number of aliphatic hydroxyl groups is 1. The fourth-order valence-corrected chi connectivity index (χ4v) is 3.65. The van der Waals surface area contributed by atoms with Gasteiger partial charge in [-0.2, -0.15) is 0 Å². The van der Waals surface area contributed by atoms with Gasteiger partial charge < -0.3 is 9.67 Å². The molecule has 3 nitrogen and oxygen atoms in total. The van der Waals surface area contributed by atoms with Crippen molar-refractivity contribution in [3.05, 3.63) is 15.7 Å². The normalized spacial score (nSPS) is 36.6. The predicted molar refractivity (Wildman–Crippen MR) is 70.4 cm³/mol. The monoisotopic (exact) mass is 350 g/mol. The lowest BCUT2D eigenvalue weighted by Gasteiger charge is -2.66. The summed E-state index contributed by atoms with van der Waals surface area (Å²) >= 11 is 2.15. The molecule has 0 saturated heterocycles. The van der Waals surface area contributed by atoms with E-state index in [-0.39, 0.29) is 11.5 Å². The zero-order chi connectivity index (χ0) is 12.4. The van der Waals surface area contributed by atoms with E-state index in [1.165, 1.54) is 0 Å². The summed E-state index contributed by atoms with van der Waals surface area (Å²) in [5.41, 5.74) is -1.01. The van der Waals surface area contributed by atoms with Crippen molar-refractivity contribution in [1.29, 1.82) is 0 Å². The predicted octanol–water partition coefficient (Wildman–Crippen LogP) is 2.78. The zero-order valence-electron chi connectivity index (χ0n) is 9.95. The highest BCUT2D eigenvalue weighted by atomic mass is 127. The first-order valence-electron chi connectivity index (χ1n) is 5.98. The molecule has 4 rings (SSSR count). The van der Waals surface area contributed by atoms with Crippen LogP contribution in [0.25, 0.3) is 0 Å². The molecule has 1 aromatic rings. The number of imidazole rings is 1. The molecule has 5 heteroatoms. The molecule has 3 aliphatic rings. The van der Waals surface area contributed by atoms with Crippen molar-refractivity contribution in [2.75, 3.05) is 0 Å². The van der Waals surface area contributed by atoms with Crippen LogP contribution >= 0.6 is 22.6 Å². The molecule has 1 atom stereocenters. The molecule has 0 spiro atoms. The van der Waals surface area contributed by atoms with Crippen LogP contribution in [-0.2, 0) is 5.54 Å². The van der Waals surface area contributed by atoms with Gasteiger partial charge in [0.05, 0.1) is 5.54 Å². The van der Waals surface area contributed by atoms with E-state index in [1.807, 2.05) is 24.6 Å². The van der Waals surface area contributed by atoms with Crippen LogP contribution < -0.4 is 0 Å². The molecule has 3 aliphatic carbocycles. The van der Waals surface area contributed by atoms with Crippen LogP contribution in [0, 0.1) is 9.62 Å². The number of hydrogen-bond acceptors (Lipinski definition) is 2. The third-order valence-electron chi connectivity index (χ3n) is 4.05. The third kappa shape index (κ3) is 1.58. The second-order valence-corrected chi connectivity index (χ2v) is 6.99. The lowest BCUT2D eigenvalue weighted by Crippen LogP contribution is -2.70. The second-order valence-electron chi connectivity index (χ2n) is 5.89. The smallest absolute Gasteiger partial charge is 0.139 e. The highest BCUT2D eigenvalue weighted by Crippen LogP contribution is 2.68. The Balaban J connectivity index is 1.95. The fraction of sp³-hybridized carbons (Fsp3) is 0.750. The molecule has 1 heterocycles. The fourth-order valence-electron chi connectivity index (χ4n) is 3.12. The van der Waals surface area contributed by atoms with E-state index in [4.69, 9.17) is 0 Å². The SMILES string of the molecule is CC(C)C(O)c1nc(I)cn1C12CC(F)(C1)C2. The van der Waals surface area contributed by atoms with Crippen molar-refractivity contribution in [1.82, 2.24) is 9.55 Å². The van der Waals surface area contributed by atoms with Gasteiger partial charge in [0.25, 0.3) is 0 Å². The maximum Gasteiger partial charge on any atom is 0.139 e. The van der Waals surface area contributed by atoms with Crippen molar-refractivity contribution in [3.8, 4) is 0 Å². The number of halogens is 2. The summed E-state index contributed by atoms with van der Waals surface area (Å²) in [4.78, 5) is 4.40. The van der Waals surface area contributed by atoms with Crippen molar-refractivity contribution in [3.63, 3.8) is 0 Å². The number of rotatable bonds is 3. The van der Waals surface area contributed by atoms with Gasteiger partial charge in [-0.15, -0.1) is 0 Å². The molecular formula is C12H16FIN2O. The topological polar surface area (TPSA) is 38.1 Å². The molecule has 0 aromatic carbocycles. The molecule has 17 heavy (non-hydrogen) atoms. The summed E-state index contributed by atoms with van der Waals surface area (Å²) in [5.74, 6) is 0.824. The Bertz CT molecular complexity index is 451. The third-order valence-corrected chi connectivity index (χ3v) is 4.57. The minimum absolute atomic E-state index is 0.0869. The van der Waals surface area contributed by atoms with Gasteiger partial charge in [-0.1, -0.05) is 13.8 Å². The lowest BCUT2D eigenvalue weighted by molar-refractivity contribution is -0.200. The van der Waals surface area contributed by atoms with Gasteiger partial charge in [0, 0.05) is 25.5 Å². The second kappa shape index (κ2) is 3.44. The van der Waals surface area contributed by atoms with E-state index in [0.717, 1.165) is 3.70 Å². The summed E-state index contributed by atoms with van der Waals surface area (Å²) < 4.78 is 16.5. The van der Waals surface area contributed by atoms with Gasteiger partial charge in [0.1, 0.15) is 21.3 Å². The van der Waals surface area contributed by atoms with E-state index in [2.05, 4.69) is 27.6 Å². The molecule has 3 saturated carbocycles. The number of nitrogens with zero attached hydrogens (tertiary/aromatic N) is 2. The van der Waals surface area contributed by atoms with Crippen molar-refractivity contribution >= 4 is 22.6 Å². The van der Waals surface area contributed by atoms with Gasteiger partial charge in [-0.25, -0.2) is 9.37 Å². The zero-order valence-corrected chi connectivity index (χ0v) is 12.1. The van der Waals surface area contributed by atoms with E-state index < -0.39 is 11.8 Å². The summed E-state index contributed by atoms with van der Waals surface area (Å²) in [6, 6.07) is 0. The maximum absolute atomic E-state index is 13.6. The number of aliphatic hydroxyl groups excluding tert-OH is 1. The minimum Gasteiger partial charge on any atom is -0.385 e. The van der Waals surface area contributed by atoms with Gasteiger partial charge in [0.2, 0.25) is 0 Å². The Morgan fingerprint density at radius 2 is 2.06 bits per heavy atom. The van der Waals surface area contributed by atoms with Crippen LogP contribution in [0.2, 0.25) is 0 Å². The number of alkyl halides is 1. The van der Waals surface area contributed by atoms with Crippen LogP contribution in [0.3, 0.4) is 0 Å². The van der Waals surface area contributed by atoms with E-state index in [0.29, 0.717) is 25.1 Å². The first kappa shape index (κ1) is 11.9. The highest BCUT2D eigenvalue weighted by molar-refractivity contribution is 14.1. The number of hydrogen-bond donors (Lipinski definition) is 1. The summed E-state index contributed by atoms with van der Waals surface area (Å²) in [7, 11) is 0. The van der Waals surface area contributed by atoms with Crippen LogP contribution in [0.15, 0.2) is 6.20 Å².